The summed E-state index contributed by atoms with van der Waals surface area (Å²) in [4.78, 5) is 12.9. The van der Waals surface area contributed by atoms with E-state index in [0.29, 0.717) is 5.70 Å². The van der Waals surface area contributed by atoms with E-state index in [-0.39, 0.29) is 5.91 Å². The van der Waals surface area contributed by atoms with Gasteiger partial charge in [0.05, 0.1) is 5.70 Å². The Bertz CT molecular complexity index is 181. The van der Waals surface area contributed by atoms with Gasteiger partial charge in [-0.25, -0.2) is 0 Å². The third-order valence-electron chi connectivity index (χ3n) is 1.97. The van der Waals surface area contributed by atoms with E-state index in [1.165, 1.54) is 12.8 Å². The lowest BCUT2D eigenvalue weighted by molar-refractivity contribution is -0.115. The first-order valence-corrected chi connectivity index (χ1v) is 3.96. The lowest BCUT2D eigenvalue weighted by atomic mass is 10.3. The normalized spacial score (nSPS) is 19.0. The van der Waals surface area contributed by atoms with Crippen LogP contribution in [0.1, 0.15) is 19.8 Å². The van der Waals surface area contributed by atoms with Crippen molar-refractivity contribution < 1.29 is 4.79 Å². The van der Waals surface area contributed by atoms with E-state index in [2.05, 4.69) is 0 Å². The van der Waals surface area contributed by atoms with Crippen molar-refractivity contribution in [1.82, 2.24) is 4.90 Å². The average molecular weight is 154 g/mol. The number of primary amides is 1. The zero-order chi connectivity index (χ0) is 8.27. The fraction of sp³-hybridized carbons (Fsp3) is 0.625. The van der Waals surface area contributed by atoms with Gasteiger partial charge in [-0.15, -0.1) is 0 Å². The Hall–Kier alpha value is -0.990. The topological polar surface area (TPSA) is 46.3 Å². The van der Waals surface area contributed by atoms with Gasteiger partial charge in [-0.1, -0.05) is 6.08 Å². The Morgan fingerprint density at radius 3 is 2.36 bits per heavy atom. The molecule has 0 radical (unpaired) electrons. The Kier molecular flexibility index (Phi) is 2.52. The van der Waals surface area contributed by atoms with Crippen LogP contribution in [0.5, 0.6) is 0 Å². The Morgan fingerprint density at radius 1 is 1.45 bits per heavy atom. The molecule has 2 N–H and O–H groups in total. The third kappa shape index (κ3) is 1.73. The van der Waals surface area contributed by atoms with Crippen molar-refractivity contribution >= 4 is 5.91 Å². The molecule has 1 rings (SSSR count). The quantitative estimate of drug-likeness (QED) is 0.588. The molecule has 0 aromatic rings. The molecule has 0 aromatic heterocycles. The molecule has 1 saturated heterocycles. The zero-order valence-electron chi connectivity index (χ0n) is 6.84. The van der Waals surface area contributed by atoms with Crippen molar-refractivity contribution in [1.29, 1.82) is 0 Å². The molecule has 0 aromatic carbocycles. The summed E-state index contributed by atoms with van der Waals surface area (Å²) in [5.41, 5.74) is 5.85. The van der Waals surface area contributed by atoms with Gasteiger partial charge in [0.1, 0.15) is 0 Å². The lowest BCUT2D eigenvalue weighted by Crippen LogP contribution is -2.28. The molecule has 3 nitrogen and oxygen atoms in total. The zero-order valence-corrected chi connectivity index (χ0v) is 6.84. The first-order valence-electron chi connectivity index (χ1n) is 3.96. The van der Waals surface area contributed by atoms with E-state index >= 15 is 0 Å². The molecular weight excluding hydrogens is 140 g/mol. The molecule has 1 aliphatic heterocycles. The van der Waals surface area contributed by atoms with Crippen LogP contribution < -0.4 is 5.73 Å². The summed E-state index contributed by atoms with van der Waals surface area (Å²) >= 11 is 0. The molecule has 11 heavy (non-hydrogen) atoms. The van der Waals surface area contributed by atoms with Crippen LogP contribution in [0.25, 0.3) is 0 Å². The second kappa shape index (κ2) is 3.42. The molecule has 0 aliphatic carbocycles. The SMILES string of the molecule is CC=C(C(N)=O)N1CCCC1. The van der Waals surface area contributed by atoms with Crippen molar-refractivity contribution in [2.45, 2.75) is 19.8 Å². The Morgan fingerprint density at radius 2 is 2.00 bits per heavy atom. The van der Waals surface area contributed by atoms with E-state index in [4.69, 9.17) is 5.73 Å². The summed E-state index contributed by atoms with van der Waals surface area (Å²) in [5.74, 6) is -0.311. The maximum atomic E-state index is 10.8. The molecule has 1 fully saturated rings. The van der Waals surface area contributed by atoms with Crippen LogP contribution in [-0.4, -0.2) is 23.9 Å². The maximum Gasteiger partial charge on any atom is 0.264 e. The predicted octanol–water partition coefficient (Wildman–Crippen LogP) is 0.471. The van der Waals surface area contributed by atoms with Crippen LogP contribution >= 0.6 is 0 Å². The first-order chi connectivity index (χ1) is 5.25. The highest BCUT2D eigenvalue weighted by atomic mass is 16.1. The highest BCUT2D eigenvalue weighted by molar-refractivity contribution is 5.91. The number of hydrogen-bond donors (Lipinski definition) is 1. The summed E-state index contributed by atoms with van der Waals surface area (Å²) in [6.45, 7) is 3.80. The molecular formula is C8H14N2O. The van der Waals surface area contributed by atoms with Gasteiger partial charge in [-0.3, -0.25) is 4.79 Å². The van der Waals surface area contributed by atoms with Crippen LogP contribution in [0.15, 0.2) is 11.8 Å². The lowest BCUT2D eigenvalue weighted by Gasteiger charge is -2.17. The molecule has 1 amide bonds. The highest BCUT2D eigenvalue weighted by Crippen LogP contribution is 2.13. The molecule has 0 spiro atoms. The number of nitrogens with zero attached hydrogens (tertiary/aromatic N) is 1. The standard InChI is InChI=1S/C8H14N2O/c1-2-7(8(9)11)10-5-3-4-6-10/h2H,3-6H2,1H3,(H2,9,11). The van der Waals surface area contributed by atoms with Gasteiger partial charge in [0.25, 0.3) is 5.91 Å². The molecule has 0 saturated carbocycles. The van der Waals surface area contributed by atoms with Gasteiger partial charge in [-0.05, 0) is 19.8 Å². The van der Waals surface area contributed by atoms with Crippen LogP contribution in [-0.2, 0) is 4.79 Å². The second-order valence-electron chi connectivity index (χ2n) is 2.73. The van der Waals surface area contributed by atoms with Crippen LogP contribution in [0.4, 0.5) is 0 Å². The molecule has 0 bridgehead atoms. The van der Waals surface area contributed by atoms with E-state index in [1.54, 1.807) is 6.08 Å². The summed E-state index contributed by atoms with van der Waals surface area (Å²) in [5, 5.41) is 0. The average Bonchev–Trinajstić information content (AvgIpc) is 2.40. The van der Waals surface area contributed by atoms with Gasteiger partial charge >= 0.3 is 0 Å². The molecule has 62 valence electrons. The van der Waals surface area contributed by atoms with E-state index in [0.717, 1.165) is 13.1 Å². The first kappa shape index (κ1) is 8.11. The van der Waals surface area contributed by atoms with Crippen LogP contribution in [0.3, 0.4) is 0 Å². The summed E-state index contributed by atoms with van der Waals surface area (Å²) in [6, 6.07) is 0. The van der Waals surface area contributed by atoms with E-state index in [9.17, 15) is 4.79 Å². The van der Waals surface area contributed by atoms with Gasteiger partial charge < -0.3 is 10.6 Å². The number of allylic oxidation sites excluding steroid dienone is 1. The molecule has 1 aliphatic rings. The number of likely N-dealkylation sites (tertiary alicyclic amines) is 1. The number of rotatable bonds is 2. The van der Waals surface area contributed by atoms with Crippen molar-refractivity contribution in [2.24, 2.45) is 5.73 Å². The third-order valence-corrected chi connectivity index (χ3v) is 1.97. The second-order valence-corrected chi connectivity index (χ2v) is 2.73. The monoisotopic (exact) mass is 154 g/mol. The van der Waals surface area contributed by atoms with Crippen molar-refractivity contribution in [3.05, 3.63) is 11.8 Å². The maximum absolute atomic E-state index is 10.8. The van der Waals surface area contributed by atoms with Gasteiger partial charge in [0, 0.05) is 13.1 Å². The minimum Gasteiger partial charge on any atom is -0.367 e. The smallest absolute Gasteiger partial charge is 0.264 e. The van der Waals surface area contributed by atoms with E-state index < -0.39 is 0 Å². The van der Waals surface area contributed by atoms with Gasteiger partial charge in [0.15, 0.2) is 0 Å². The van der Waals surface area contributed by atoms with Gasteiger partial charge in [-0.2, -0.15) is 0 Å². The van der Waals surface area contributed by atoms with Crippen LogP contribution in [0.2, 0.25) is 0 Å². The van der Waals surface area contributed by atoms with Crippen molar-refractivity contribution in [3.63, 3.8) is 0 Å². The number of amides is 1. The van der Waals surface area contributed by atoms with Crippen LogP contribution in [0, 0.1) is 0 Å². The fourth-order valence-corrected chi connectivity index (χ4v) is 1.44. The summed E-state index contributed by atoms with van der Waals surface area (Å²) < 4.78 is 0. The van der Waals surface area contributed by atoms with Crippen molar-refractivity contribution in [3.8, 4) is 0 Å². The highest BCUT2D eigenvalue weighted by Gasteiger charge is 2.17. The predicted molar refractivity (Wildman–Crippen MR) is 43.8 cm³/mol. The largest absolute Gasteiger partial charge is 0.367 e. The van der Waals surface area contributed by atoms with Crippen molar-refractivity contribution in [2.75, 3.05) is 13.1 Å². The minimum atomic E-state index is -0.311. The molecule has 0 atom stereocenters. The number of carbonyl (C=O) groups excluding carboxylic acids is 1. The minimum absolute atomic E-state index is 0.311. The number of carbonyl (C=O) groups is 1. The van der Waals surface area contributed by atoms with Gasteiger partial charge in [0.2, 0.25) is 0 Å². The Balaban J connectivity index is 2.62. The molecule has 0 unspecified atom stereocenters. The fourth-order valence-electron chi connectivity index (χ4n) is 1.44. The van der Waals surface area contributed by atoms with E-state index in [1.807, 2.05) is 11.8 Å². The number of hydrogen-bond acceptors (Lipinski definition) is 2. The summed E-state index contributed by atoms with van der Waals surface area (Å²) in [7, 11) is 0. The molecule has 1 heterocycles. The number of nitrogens with two attached hydrogens (primary N) is 1. The molecule has 3 heteroatoms. The summed E-state index contributed by atoms with van der Waals surface area (Å²) in [6.07, 6.45) is 4.13. The Labute approximate surface area is 66.9 Å².